The first-order valence-corrected chi connectivity index (χ1v) is 6.12. The van der Waals surface area contributed by atoms with Crippen LogP contribution in [-0.4, -0.2) is 47.3 Å². The van der Waals surface area contributed by atoms with Gasteiger partial charge >= 0.3 is 18.2 Å². The second kappa shape index (κ2) is 6.63. The van der Waals surface area contributed by atoms with Crippen LogP contribution in [0.15, 0.2) is 0 Å². The largest absolute Gasteiger partial charge is 0.481 e. The number of carbonyl (C=O) groups excluding carboxylic acids is 1. The summed E-state index contributed by atoms with van der Waals surface area (Å²) in [6.45, 7) is -1.05. The number of hydrogen-bond donors (Lipinski definition) is 2. The van der Waals surface area contributed by atoms with Crippen molar-refractivity contribution in [3.8, 4) is 0 Å². The minimum absolute atomic E-state index is 0.00917. The fourth-order valence-electron chi connectivity index (χ4n) is 1.64. The lowest BCUT2D eigenvalue weighted by Gasteiger charge is -2.24. The van der Waals surface area contributed by atoms with Crippen molar-refractivity contribution in [1.82, 2.24) is 10.2 Å². The van der Waals surface area contributed by atoms with Gasteiger partial charge in [0, 0.05) is 19.0 Å². The van der Waals surface area contributed by atoms with Crippen LogP contribution in [0.1, 0.15) is 32.1 Å². The molecule has 1 saturated carbocycles. The number of amides is 2. The summed E-state index contributed by atoms with van der Waals surface area (Å²) in [6, 6.07) is -1.05. The van der Waals surface area contributed by atoms with Crippen LogP contribution in [0, 0.1) is 0 Å². The molecule has 1 aliphatic rings. The highest BCUT2D eigenvalue weighted by Crippen LogP contribution is 2.30. The number of carboxylic acids is 1. The molecule has 0 unspecified atom stereocenters. The van der Waals surface area contributed by atoms with Crippen molar-refractivity contribution in [2.24, 2.45) is 0 Å². The standard InChI is InChI=1S/C11H17F3N2O3/c12-11(13,14)7-16(8-4-5-8)10(19)15-6-2-1-3-9(17)18/h8H,1-7H2,(H,15,19)(H,17,18). The monoisotopic (exact) mass is 282 g/mol. The topological polar surface area (TPSA) is 69.6 Å². The van der Waals surface area contributed by atoms with Gasteiger partial charge in [-0.15, -0.1) is 0 Å². The van der Waals surface area contributed by atoms with E-state index < -0.39 is 24.7 Å². The number of rotatable bonds is 7. The molecule has 5 nitrogen and oxygen atoms in total. The molecule has 0 saturated heterocycles. The van der Waals surface area contributed by atoms with Gasteiger partial charge in [0.05, 0.1) is 0 Å². The van der Waals surface area contributed by atoms with Crippen molar-refractivity contribution in [3.05, 3.63) is 0 Å². The van der Waals surface area contributed by atoms with E-state index in [9.17, 15) is 22.8 Å². The predicted octanol–water partition coefficient (Wildman–Crippen LogP) is 1.98. The van der Waals surface area contributed by atoms with Crippen LogP contribution in [0.2, 0.25) is 0 Å². The second-order valence-corrected chi connectivity index (χ2v) is 4.56. The SMILES string of the molecule is O=C(O)CCCCNC(=O)N(CC(F)(F)F)C1CC1. The Kier molecular flexibility index (Phi) is 5.44. The van der Waals surface area contributed by atoms with Crippen LogP contribution in [0.5, 0.6) is 0 Å². The lowest BCUT2D eigenvalue weighted by molar-refractivity contribution is -0.141. The summed E-state index contributed by atoms with van der Waals surface area (Å²) in [4.78, 5) is 22.6. The van der Waals surface area contributed by atoms with Crippen molar-refractivity contribution >= 4 is 12.0 Å². The van der Waals surface area contributed by atoms with Gasteiger partial charge < -0.3 is 15.3 Å². The summed E-state index contributed by atoms with van der Waals surface area (Å²) in [6.07, 6.45) is -2.39. The molecule has 8 heteroatoms. The van der Waals surface area contributed by atoms with Crippen molar-refractivity contribution < 1.29 is 27.9 Å². The van der Waals surface area contributed by atoms with Crippen molar-refractivity contribution in [1.29, 1.82) is 0 Å². The fourth-order valence-corrected chi connectivity index (χ4v) is 1.64. The van der Waals surface area contributed by atoms with E-state index in [1.165, 1.54) is 0 Å². The molecule has 1 rings (SSSR count). The van der Waals surface area contributed by atoms with Gasteiger partial charge in [-0.25, -0.2) is 4.79 Å². The summed E-state index contributed by atoms with van der Waals surface area (Å²) in [7, 11) is 0. The average Bonchev–Trinajstić information content (AvgIpc) is 3.07. The zero-order valence-corrected chi connectivity index (χ0v) is 10.4. The van der Waals surface area contributed by atoms with Crippen LogP contribution in [0.4, 0.5) is 18.0 Å². The molecule has 0 bridgehead atoms. The minimum atomic E-state index is -4.40. The third kappa shape index (κ3) is 6.88. The number of aliphatic carboxylic acids is 1. The fraction of sp³-hybridized carbons (Fsp3) is 0.818. The molecular formula is C11H17F3N2O3. The number of unbranched alkanes of at least 4 members (excludes halogenated alkanes) is 1. The first-order valence-electron chi connectivity index (χ1n) is 6.12. The predicted molar refractivity (Wildman–Crippen MR) is 60.7 cm³/mol. The van der Waals surface area contributed by atoms with Gasteiger partial charge in [0.1, 0.15) is 6.54 Å². The molecule has 1 fully saturated rings. The Labute approximate surface area is 108 Å². The van der Waals surface area contributed by atoms with E-state index >= 15 is 0 Å². The number of carbonyl (C=O) groups is 2. The molecule has 0 radical (unpaired) electrons. The van der Waals surface area contributed by atoms with Crippen LogP contribution < -0.4 is 5.32 Å². The van der Waals surface area contributed by atoms with Crippen molar-refractivity contribution in [2.45, 2.75) is 44.3 Å². The normalized spacial score (nSPS) is 15.1. The molecule has 0 aliphatic heterocycles. The third-order valence-corrected chi connectivity index (χ3v) is 2.69. The number of halogens is 3. The van der Waals surface area contributed by atoms with E-state index in [0.29, 0.717) is 25.7 Å². The molecule has 0 spiro atoms. The maximum Gasteiger partial charge on any atom is 0.406 e. The summed E-state index contributed by atoms with van der Waals surface area (Å²) in [5, 5.41) is 10.8. The van der Waals surface area contributed by atoms with Gasteiger partial charge in [-0.3, -0.25) is 4.79 Å². The maximum absolute atomic E-state index is 12.3. The van der Waals surface area contributed by atoms with Gasteiger partial charge in [0.25, 0.3) is 0 Å². The highest BCUT2D eigenvalue weighted by molar-refractivity contribution is 5.75. The highest BCUT2D eigenvalue weighted by Gasteiger charge is 2.40. The molecule has 110 valence electrons. The number of hydrogen-bond acceptors (Lipinski definition) is 2. The van der Waals surface area contributed by atoms with Gasteiger partial charge in [-0.1, -0.05) is 0 Å². The minimum Gasteiger partial charge on any atom is -0.481 e. The zero-order valence-electron chi connectivity index (χ0n) is 10.4. The van der Waals surface area contributed by atoms with Crippen LogP contribution in [0.25, 0.3) is 0 Å². The van der Waals surface area contributed by atoms with Crippen LogP contribution in [0.3, 0.4) is 0 Å². The molecule has 2 amide bonds. The lowest BCUT2D eigenvalue weighted by atomic mass is 10.2. The van der Waals surface area contributed by atoms with Gasteiger partial charge in [-0.2, -0.15) is 13.2 Å². The first kappa shape index (κ1) is 15.6. The van der Waals surface area contributed by atoms with E-state index in [1.54, 1.807) is 0 Å². The molecule has 0 heterocycles. The first-order chi connectivity index (χ1) is 8.79. The van der Waals surface area contributed by atoms with Crippen molar-refractivity contribution in [3.63, 3.8) is 0 Å². The molecule has 0 aromatic carbocycles. The molecule has 0 aromatic rings. The van der Waals surface area contributed by atoms with Crippen molar-refractivity contribution in [2.75, 3.05) is 13.1 Å². The number of nitrogens with zero attached hydrogens (tertiary/aromatic N) is 1. The number of nitrogens with one attached hydrogen (secondary N) is 1. The number of urea groups is 1. The van der Waals surface area contributed by atoms with Gasteiger partial charge in [0.2, 0.25) is 0 Å². The van der Waals surface area contributed by atoms with Gasteiger partial charge in [0.15, 0.2) is 0 Å². The van der Waals surface area contributed by atoms with E-state index in [2.05, 4.69) is 5.32 Å². The number of carboxylic acid groups (broad SMARTS) is 1. The highest BCUT2D eigenvalue weighted by atomic mass is 19.4. The van der Waals surface area contributed by atoms with Gasteiger partial charge in [-0.05, 0) is 25.7 Å². The Morgan fingerprint density at radius 1 is 1.26 bits per heavy atom. The lowest BCUT2D eigenvalue weighted by Crippen LogP contribution is -2.46. The molecule has 1 aliphatic carbocycles. The number of alkyl halides is 3. The summed E-state index contributed by atoms with van der Waals surface area (Å²) in [5.74, 6) is -0.928. The van der Waals surface area contributed by atoms with E-state index in [-0.39, 0.29) is 19.0 Å². The Bertz CT molecular complexity index is 330. The summed E-state index contributed by atoms with van der Waals surface area (Å²) in [5.41, 5.74) is 0. The Balaban J connectivity index is 2.27. The molecule has 0 atom stereocenters. The summed E-state index contributed by atoms with van der Waals surface area (Å²) < 4.78 is 36.9. The van der Waals surface area contributed by atoms with Crippen LogP contribution in [-0.2, 0) is 4.79 Å². The smallest absolute Gasteiger partial charge is 0.406 e. The Morgan fingerprint density at radius 2 is 1.89 bits per heavy atom. The zero-order chi connectivity index (χ0) is 14.5. The molecule has 2 N–H and O–H groups in total. The van der Waals surface area contributed by atoms with E-state index in [4.69, 9.17) is 5.11 Å². The second-order valence-electron chi connectivity index (χ2n) is 4.56. The quantitative estimate of drug-likeness (QED) is 0.701. The molecule has 19 heavy (non-hydrogen) atoms. The Hall–Kier alpha value is -1.47. The molecular weight excluding hydrogens is 265 g/mol. The molecule has 0 aromatic heterocycles. The van der Waals surface area contributed by atoms with Crippen LogP contribution >= 0.6 is 0 Å². The summed E-state index contributed by atoms with van der Waals surface area (Å²) >= 11 is 0. The average molecular weight is 282 g/mol. The van der Waals surface area contributed by atoms with E-state index in [1.807, 2.05) is 0 Å². The maximum atomic E-state index is 12.3. The third-order valence-electron chi connectivity index (χ3n) is 2.69. The van der Waals surface area contributed by atoms with E-state index in [0.717, 1.165) is 4.90 Å². The Morgan fingerprint density at radius 3 is 2.37 bits per heavy atom.